The quantitative estimate of drug-likeness (QED) is 0.920. The van der Waals surface area contributed by atoms with Crippen LogP contribution in [0.15, 0.2) is 36.7 Å². The molecular formula is C20H26N4. The van der Waals surface area contributed by atoms with E-state index in [2.05, 4.69) is 57.4 Å². The molecule has 1 atom stereocenters. The average Bonchev–Trinajstić information content (AvgIpc) is 2.62. The molecule has 1 aromatic carbocycles. The predicted molar refractivity (Wildman–Crippen MR) is 98.3 cm³/mol. The molecule has 0 saturated heterocycles. The summed E-state index contributed by atoms with van der Waals surface area (Å²) in [6.07, 6.45) is 9.32. The molecular weight excluding hydrogens is 296 g/mol. The maximum absolute atomic E-state index is 4.55. The highest BCUT2D eigenvalue weighted by Gasteiger charge is 2.24. The van der Waals surface area contributed by atoms with Gasteiger partial charge in [-0.25, -0.2) is 9.97 Å². The topological polar surface area (TPSA) is 41.0 Å². The molecule has 0 radical (unpaired) electrons. The van der Waals surface area contributed by atoms with Crippen LogP contribution in [0.2, 0.25) is 0 Å². The van der Waals surface area contributed by atoms with Crippen molar-refractivity contribution in [1.82, 2.24) is 9.97 Å². The molecule has 1 N–H and O–H groups in total. The standard InChI is InChI=1S/C20H26N4/c1-15-11-16-7-5-6-8-17(16)13-24(15)20-12-19(21-14-22-20)23-18-9-3-2-4-10-18/h5-8,12,14-15,18H,2-4,9-11,13H2,1H3,(H,21,22,23)/t15-/m0/s1. The minimum Gasteiger partial charge on any atom is -0.367 e. The smallest absolute Gasteiger partial charge is 0.134 e. The monoisotopic (exact) mass is 322 g/mol. The molecule has 0 unspecified atom stereocenters. The molecule has 4 heteroatoms. The Morgan fingerprint density at radius 3 is 2.67 bits per heavy atom. The summed E-state index contributed by atoms with van der Waals surface area (Å²) in [4.78, 5) is 11.4. The van der Waals surface area contributed by atoms with Crippen LogP contribution in [0.25, 0.3) is 0 Å². The van der Waals surface area contributed by atoms with E-state index in [1.807, 2.05) is 0 Å². The summed E-state index contributed by atoms with van der Waals surface area (Å²) in [5.74, 6) is 2.00. The zero-order valence-electron chi connectivity index (χ0n) is 14.4. The molecule has 2 heterocycles. The van der Waals surface area contributed by atoms with Crippen LogP contribution >= 0.6 is 0 Å². The van der Waals surface area contributed by atoms with E-state index in [4.69, 9.17) is 0 Å². The lowest BCUT2D eigenvalue weighted by atomic mass is 9.95. The van der Waals surface area contributed by atoms with Crippen molar-refractivity contribution in [2.24, 2.45) is 0 Å². The average molecular weight is 322 g/mol. The van der Waals surface area contributed by atoms with Crippen LogP contribution in [0.4, 0.5) is 11.6 Å². The molecule has 126 valence electrons. The Balaban J connectivity index is 1.52. The summed E-state index contributed by atoms with van der Waals surface area (Å²) in [5, 5.41) is 3.62. The first kappa shape index (κ1) is 15.4. The zero-order chi connectivity index (χ0) is 16.4. The van der Waals surface area contributed by atoms with E-state index in [0.29, 0.717) is 12.1 Å². The Kier molecular flexibility index (Phi) is 4.37. The van der Waals surface area contributed by atoms with E-state index >= 15 is 0 Å². The SMILES string of the molecule is C[C@H]1Cc2ccccc2CN1c1cc(NC2CCCCC2)ncn1. The summed E-state index contributed by atoms with van der Waals surface area (Å²) >= 11 is 0. The number of fused-ring (bicyclic) bond motifs is 1. The maximum Gasteiger partial charge on any atom is 0.134 e. The number of rotatable bonds is 3. The largest absolute Gasteiger partial charge is 0.367 e. The van der Waals surface area contributed by atoms with E-state index in [9.17, 15) is 0 Å². The Labute approximate surface area is 144 Å². The fourth-order valence-electron chi connectivity index (χ4n) is 4.02. The Morgan fingerprint density at radius 2 is 1.83 bits per heavy atom. The molecule has 2 aromatic rings. The molecule has 0 amide bonds. The second kappa shape index (κ2) is 6.80. The Bertz CT molecular complexity index is 694. The Morgan fingerprint density at radius 1 is 1.04 bits per heavy atom. The van der Waals surface area contributed by atoms with Crippen molar-refractivity contribution < 1.29 is 0 Å². The number of nitrogens with one attached hydrogen (secondary N) is 1. The number of benzene rings is 1. The lowest BCUT2D eigenvalue weighted by Crippen LogP contribution is -2.39. The summed E-state index contributed by atoms with van der Waals surface area (Å²) < 4.78 is 0. The van der Waals surface area contributed by atoms with Gasteiger partial charge in [0, 0.05) is 24.7 Å². The highest BCUT2D eigenvalue weighted by atomic mass is 15.2. The van der Waals surface area contributed by atoms with E-state index in [1.165, 1.54) is 43.2 Å². The van der Waals surface area contributed by atoms with E-state index in [-0.39, 0.29) is 0 Å². The van der Waals surface area contributed by atoms with Crippen molar-refractivity contribution in [3.8, 4) is 0 Å². The van der Waals surface area contributed by atoms with Gasteiger partial charge in [0.2, 0.25) is 0 Å². The van der Waals surface area contributed by atoms with Crippen LogP contribution in [0.1, 0.15) is 50.2 Å². The van der Waals surface area contributed by atoms with Gasteiger partial charge in [-0.2, -0.15) is 0 Å². The van der Waals surface area contributed by atoms with Gasteiger partial charge in [0.1, 0.15) is 18.0 Å². The molecule has 1 aliphatic heterocycles. The highest BCUT2D eigenvalue weighted by Crippen LogP contribution is 2.28. The van der Waals surface area contributed by atoms with Gasteiger partial charge in [0.15, 0.2) is 0 Å². The third kappa shape index (κ3) is 3.23. The molecule has 1 saturated carbocycles. The van der Waals surface area contributed by atoms with Crippen molar-refractivity contribution in [2.45, 2.75) is 64.1 Å². The summed E-state index contributed by atoms with van der Waals surface area (Å²) in [5.41, 5.74) is 2.88. The first-order chi connectivity index (χ1) is 11.8. The first-order valence-electron chi connectivity index (χ1n) is 9.21. The lowest BCUT2D eigenvalue weighted by molar-refractivity contribution is 0.462. The molecule has 1 aliphatic carbocycles. The van der Waals surface area contributed by atoms with Gasteiger partial charge in [-0.3, -0.25) is 0 Å². The van der Waals surface area contributed by atoms with Crippen molar-refractivity contribution in [1.29, 1.82) is 0 Å². The van der Waals surface area contributed by atoms with Gasteiger partial charge in [0.05, 0.1) is 0 Å². The molecule has 0 bridgehead atoms. The van der Waals surface area contributed by atoms with Crippen molar-refractivity contribution in [3.63, 3.8) is 0 Å². The Hall–Kier alpha value is -2.10. The minimum absolute atomic E-state index is 0.456. The van der Waals surface area contributed by atoms with Gasteiger partial charge < -0.3 is 10.2 Å². The van der Waals surface area contributed by atoms with E-state index in [0.717, 1.165) is 24.6 Å². The van der Waals surface area contributed by atoms with Gasteiger partial charge >= 0.3 is 0 Å². The van der Waals surface area contributed by atoms with Crippen LogP contribution in [0.3, 0.4) is 0 Å². The van der Waals surface area contributed by atoms with Gasteiger partial charge in [0.25, 0.3) is 0 Å². The molecule has 1 fully saturated rings. The van der Waals surface area contributed by atoms with E-state index in [1.54, 1.807) is 6.33 Å². The summed E-state index contributed by atoms with van der Waals surface area (Å²) in [7, 11) is 0. The first-order valence-corrected chi connectivity index (χ1v) is 9.21. The van der Waals surface area contributed by atoms with Crippen LogP contribution < -0.4 is 10.2 Å². The molecule has 1 aromatic heterocycles. The zero-order valence-corrected chi connectivity index (χ0v) is 14.4. The minimum atomic E-state index is 0.456. The lowest BCUT2D eigenvalue weighted by Gasteiger charge is -2.36. The number of anilines is 2. The second-order valence-electron chi connectivity index (χ2n) is 7.19. The molecule has 2 aliphatic rings. The highest BCUT2D eigenvalue weighted by molar-refractivity contribution is 5.52. The van der Waals surface area contributed by atoms with Gasteiger partial charge in [-0.15, -0.1) is 0 Å². The summed E-state index contributed by atoms with van der Waals surface area (Å²) in [6, 6.07) is 11.9. The van der Waals surface area contributed by atoms with Crippen molar-refractivity contribution in [3.05, 3.63) is 47.8 Å². The van der Waals surface area contributed by atoms with Crippen LogP contribution in [-0.4, -0.2) is 22.1 Å². The second-order valence-corrected chi connectivity index (χ2v) is 7.19. The van der Waals surface area contributed by atoms with Crippen LogP contribution in [0.5, 0.6) is 0 Å². The van der Waals surface area contributed by atoms with Crippen LogP contribution in [0, 0.1) is 0 Å². The van der Waals surface area contributed by atoms with E-state index < -0.39 is 0 Å². The third-order valence-corrected chi connectivity index (χ3v) is 5.41. The molecule has 4 rings (SSSR count). The van der Waals surface area contributed by atoms with Crippen molar-refractivity contribution in [2.75, 3.05) is 10.2 Å². The number of nitrogens with zero attached hydrogens (tertiary/aromatic N) is 3. The molecule has 0 spiro atoms. The third-order valence-electron chi connectivity index (χ3n) is 5.41. The summed E-state index contributed by atoms with van der Waals surface area (Å²) in [6.45, 7) is 3.21. The van der Waals surface area contributed by atoms with Gasteiger partial charge in [-0.1, -0.05) is 43.5 Å². The molecule has 24 heavy (non-hydrogen) atoms. The number of hydrogen-bond donors (Lipinski definition) is 1. The maximum atomic E-state index is 4.55. The van der Waals surface area contributed by atoms with Gasteiger partial charge in [-0.05, 0) is 37.3 Å². The predicted octanol–water partition coefficient (Wildman–Crippen LogP) is 4.17. The fourth-order valence-corrected chi connectivity index (χ4v) is 4.02. The number of hydrogen-bond acceptors (Lipinski definition) is 4. The van der Waals surface area contributed by atoms with Crippen molar-refractivity contribution >= 4 is 11.6 Å². The molecule has 4 nitrogen and oxygen atoms in total. The van der Waals surface area contributed by atoms with Crippen LogP contribution in [-0.2, 0) is 13.0 Å². The normalized spacial score (nSPS) is 21.4. The fraction of sp³-hybridized carbons (Fsp3) is 0.500. The number of aromatic nitrogens is 2.